The molecule has 0 radical (unpaired) electrons. The van der Waals surface area contributed by atoms with E-state index in [1.807, 2.05) is 54.6 Å². The van der Waals surface area contributed by atoms with Gasteiger partial charge in [-0.15, -0.1) is 0 Å². The zero-order valence-electron chi connectivity index (χ0n) is 19.3. The van der Waals surface area contributed by atoms with Crippen molar-refractivity contribution in [1.82, 2.24) is 0 Å². The number of carbonyl (C=O) groups excluding carboxylic acids is 2. The van der Waals surface area contributed by atoms with Crippen molar-refractivity contribution in [2.24, 2.45) is 0 Å². The second-order valence-corrected chi connectivity index (χ2v) is 11.5. The Morgan fingerprint density at radius 1 is 0.529 bits per heavy atom. The van der Waals surface area contributed by atoms with E-state index in [9.17, 15) is 9.59 Å². The van der Waals surface area contributed by atoms with Crippen molar-refractivity contribution >= 4 is 35.1 Å². The lowest BCUT2D eigenvalue weighted by Crippen LogP contribution is -2.22. The minimum Gasteiger partial charge on any atom is -0.289 e. The van der Waals surface area contributed by atoms with Crippen molar-refractivity contribution in [2.45, 2.75) is 45.8 Å². The molecule has 0 spiro atoms. The smallest absolute Gasteiger partial charge is 0.196 e. The molecule has 0 aromatic heterocycles. The molecule has 4 heteroatoms. The van der Waals surface area contributed by atoms with Crippen LogP contribution in [0, 0.1) is 0 Å². The van der Waals surface area contributed by atoms with Gasteiger partial charge < -0.3 is 0 Å². The Morgan fingerprint density at radius 2 is 1.03 bits per heavy atom. The average Bonchev–Trinajstić information content (AvgIpc) is 2.83. The van der Waals surface area contributed by atoms with Gasteiger partial charge in [-0.3, -0.25) is 9.59 Å². The van der Waals surface area contributed by atoms with E-state index < -0.39 is 0 Å². The van der Waals surface area contributed by atoms with E-state index in [0.717, 1.165) is 19.6 Å². The second-order valence-electron chi connectivity index (χ2n) is 9.31. The van der Waals surface area contributed by atoms with E-state index in [-0.39, 0.29) is 17.0 Å². The van der Waals surface area contributed by atoms with Crippen molar-refractivity contribution in [3.05, 3.63) is 119 Å². The molecule has 1 aliphatic rings. The molecule has 1 aliphatic carbocycles. The van der Waals surface area contributed by atoms with E-state index in [0.29, 0.717) is 22.3 Å². The zero-order chi connectivity index (χ0) is 23.9. The Labute approximate surface area is 208 Å². The third kappa shape index (κ3) is 4.24. The van der Waals surface area contributed by atoms with E-state index in [1.165, 1.54) is 29.1 Å². The Morgan fingerprint density at radius 3 is 1.53 bits per heavy atom. The van der Waals surface area contributed by atoms with Crippen LogP contribution in [0.5, 0.6) is 0 Å². The molecule has 34 heavy (non-hydrogen) atoms. The van der Waals surface area contributed by atoms with Crippen LogP contribution in [0.4, 0.5) is 0 Å². The SMILES string of the molecule is CC(C)(C)c1ccc(Sc2cccc3c2C(=O)c2c(Sc4ccccc4)cccc2C3=O)cc1. The monoisotopic (exact) mass is 480 g/mol. The highest BCUT2D eigenvalue weighted by atomic mass is 32.2. The highest BCUT2D eigenvalue weighted by Crippen LogP contribution is 2.41. The van der Waals surface area contributed by atoms with Gasteiger partial charge in [0.25, 0.3) is 0 Å². The highest BCUT2D eigenvalue weighted by molar-refractivity contribution is 7.99. The molecule has 0 saturated heterocycles. The third-order valence-electron chi connectivity index (χ3n) is 5.91. The molecule has 0 heterocycles. The van der Waals surface area contributed by atoms with Crippen LogP contribution >= 0.6 is 23.5 Å². The minimum absolute atomic E-state index is 0.0774. The lowest BCUT2D eigenvalue weighted by Gasteiger charge is -2.22. The first kappa shape index (κ1) is 22.7. The molecule has 4 aromatic rings. The predicted octanol–water partition coefficient (Wildman–Crippen LogP) is 8.06. The van der Waals surface area contributed by atoms with Gasteiger partial charge in [0.05, 0.1) is 0 Å². The molecule has 0 fully saturated rings. The number of hydrogen-bond acceptors (Lipinski definition) is 4. The number of ketones is 2. The Bertz CT molecular complexity index is 1400. The Kier molecular flexibility index (Phi) is 5.97. The maximum Gasteiger partial charge on any atom is 0.196 e. The van der Waals surface area contributed by atoms with Crippen LogP contribution in [-0.2, 0) is 5.41 Å². The van der Waals surface area contributed by atoms with Gasteiger partial charge in [-0.2, -0.15) is 0 Å². The van der Waals surface area contributed by atoms with Crippen LogP contribution in [-0.4, -0.2) is 11.6 Å². The number of carbonyl (C=O) groups is 2. The fourth-order valence-corrected chi connectivity index (χ4v) is 6.09. The molecule has 0 N–H and O–H groups in total. The molecule has 5 rings (SSSR count). The average molecular weight is 481 g/mol. The normalized spacial score (nSPS) is 12.9. The molecule has 0 saturated carbocycles. The van der Waals surface area contributed by atoms with Gasteiger partial charge >= 0.3 is 0 Å². The Hall–Kier alpha value is -3.08. The first-order chi connectivity index (χ1) is 16.3. The summed E-state index contributed by atoms with van der Waals surface area (Å²) in [5.74, 6) is -0.177. The number of hydrogen-bond donors (Lipinski definition) is 0. The molecule has 0 aliphatic heterocycles. The van der Waals surface area contributed by atoms with Gasteiger partial charge in [0.2, 0.25) is 0 Å². The summed E-state index contributed by atoms with van der Waals surface area (Å²) in [5, 5.41) is 0. The van der Waals surface area contributed by atoms with Crippen LogP contribution in [0.1, 0.15) is 58.2 Å². The van der Waals surface area contributed by atoms with E-state index in [4.69, 9.17) is 0 Å². The van der Waals surface area contributed by atoms with Crippen LogP contribution in [0.15, 0.2) is 111 Å². The first-order valence-corrected chi connectivity index (χ1v) is 12.8. The number of rotatable bonds is 4. The molecule has 0 amide bonds. The van der Waals surface area contributed by atoms with Crippen molar-refractivity contribution in [2.75, 3.05) is 0 Å². The van der Waals surface area contributed by atoms with Crippen molar-refractivity contribution in [3.8, 4) is 0 Å². The molecule has 4 aromatic carbocycles. The predicted molar refractivity (Wildman–Crippen MR) is 140 cm³/mol. The Balaban J connectivity index is 1.55. The van der Waals surface area contributed by atoms with Gasteiger partial charge in [-0.25, -0.2) is 0 Å². The van der Waals surface area contributed by atoms with Crippen molar-refractivity contribution in [1.29, 1.82) is 0 Å². The fourth-order valence-electron chi connectivity index (χ4n) is 4.11. The van der Waals surface area contributed by atoms with E-state index in [2.05, 4.69) is 45.0 Å². The molecule has 2 nitrogen and oxygen atoms in total. The van der Waals surface area contributed by atoms with Gasteiger partial charge in [0, 0.05) is 41.8 Å². The van der Waals surface area contributed by atoms with E-state index in [1.54, 1.807) is 12.1 Å². The zero-order valence-corrected chi connectivity index (χ0v) is 20.9. The number of benzene rings is 4. The maximum absolute atomic E-state index is 13.9. The van der Waals surface area contributed by atoms with Gasteiger partial charge in [0.1, 0.15) is 0 Å². The summed E-state index contributed by atoms with van der Waals surface area (Å²) >= 11 is 3.05. The highest BCUT2D eigenvalue weighted by Gasteiger charge is 2.33. The van der Waals surface area contributed by atoms with Crippen LogP contribution in [0.2, 0.25) is 0 Å². The van der Waals surface area contributed by atoms with E-state index >= 15 is 0 Å². The second kappa shape index (κ2) is 8.94. The summed E-state index contributed by atoms with van der Waals surface area (Å²) in [4.78, 5) is 31.0. The largest absolute Gasteiger partial charge is 0.289 e. The third-order valence-corrected chi connectivity index (χ3v) is 8.05. The van der Waals surface area contributed by atoms with Crippen molar-refractivity contribution < 1.29 is 9.59 Å². The van der Waals surface area contributed by atoms with Crippen LogP contribution in [0.3, 0.4) is 0 Å². The summed E-state index contributed by atoms with van der Waals surface area (Å²) in [7, 11) is 0. The maximum atomic E-state index is 13.9. The lowest BCUT2D eigenvalue weighted by molar-refractivity contribution is 0.0974. The number of fused-ring (bicyclic) bond motifs is 2. The standard InChI is InChI=1S/C30H24O2S2/c1-30(2,3)19-15-17-21(18-16-19)34-25-14-8-12-23-27(25)29(32)26-22(28(23)31)11-7-13-24(26)33-20-9-5-4-6-10-20/h4-18H,1-3H3. The summed E-state index contributed by atoms with van der Waals surface area (Å²) in [6, 6.07) is 29.5. The topological polar surface area (TPSA) is 34.1 Å². The molecule has 0 unspecified atom stereocenters. The summed E-state index contributed by atoms with van der Waals surface area (Å²) in [6.07, 6.45) is 0. The summed E-state index contributed by atoms with van der Waals surface area (Å²) in [5.41, 5.74) is 3.31. The molecule has 0 bridgehead atoms. The first-order valence-electron chi connectivity index (χ1n) is 11.2. The molecule has 0 atom stereocenters. The van der Waals surface area contributed by atoms with Crippen molar-refractivity contribution in [3.63, 3.8) is 0 Å². The fraction of sp³-hybridized carbons (Fsp3) is 0.133. The minimum atomic E-state index is -0.0920. The van der Waals surface area contributed by atoms with Crippen LogP contribution < -0.4 is 0 Å². The van der Waals surface area contributed by atoms with Crippen LogP contribution in [0.25, 0.3) is 0 Å². The molecular weight excluding hydrogens is 456 g/mol. The molecular formula is C30H24O2S2. The molecule has 168 valence electrons. The summed E-state index contributed by atoms with van der Waals surface area (Å²) < 4.78 is 0. The lowest BCUT2D eigenvalue weighted by atomic mass is 9.84. The van der Waals surface area contributed by atoms with Gasteiger partial charge in [-0.05, 0) is 47.4 Å². The summed E-state index contributed by atoms with van der Waals surface area (Å²) in [6.45, 7) is 6.57. The van der Waals surface area contributed by atoms with Gasteiger partial charge in [0.15, 0.2) is 11.6 Å². The quantitative estimate of drug-likeness (QED) is 0.260. The van der Waals surface area contributed by atoms with Gasteiger partial charge in [-0.1, -0.05) is 98.9 Å².